The normalized spacial score (nSPS) is 11.0. The van der Waals surface area contributed by atoms with Crippen LogP contribution in [0.4, 0.5) is 0 Å². The lowest BCUT2D eigenvalue weighted by atomic mass is 10.1. The smallest absolute Gasteiger partial charge is 0.290 e. The number of benzene rings is 2. The molecule has 0 bridgehead atoms. The van der Waals surface area contributed by atoms with Crippen LogP contribution in [0.25, 0.3) is 5.95 Å². The van der Waals surface area contributed by atoms with Crippen LogP contribution in [0.2, 0.25) is 0 Å². The number of aryl methyl sites for hydroxylation is 3. The van der Waals surface area contributed by atoms with Crippen molar-refractivity contribution >= 4 is 12.1 Å². The quantitative estimate of drug-likeness (QED) is 0.324. The molecule has 4 aromatic rings. The molecular formula is C24H23N7O3. The average Bonchev–Trinajstić information content (AvgIpc) is 3.23. The van der Waals surface area contributed by atoms with Crippen molar-refractivity contribution in [1.29, 1.82) is 0 Å². The van der Waals surface area contributed by atoms with Crippen molar-refractivity contribution in [2.24, 2.45) is 5.10 Å². The minimum Gasteiger partial charge on any atom is -0.488 e. The average molecular weight is 457 g/mol. The zero-order valence-electron chi connectivity index (χ0n) is 18.9. The molecule has 2 heterocycles. The van der Waals surface area contributed by atoms with Crippen LogP contribution in [-0.4, -0.2) is 37.1 Å². The first-order chi connectivity index (χ1) is 16.4. The summed E-state index contributed by atoms with van der Waals surface area (Å²) < 4.78 is 7.15. The van der Waals surface area contributed by atoms with E-state index in [1.54, 1.807) is 13.0 Å². The maximum Gasteiger partial charge on any atom is 0.290 e. The number of hydrogen-bond donors (Lipinski definition) is 2. The van der Waals surface area contributed by atoms with Crippen LogP contribution in [0, 0.1) is 20.8 Å². The zero-order chi connectivity index (χ0) is 24.1. The number of ether oxygens (including phenoxy) is 1. The number of hydrogen-bond acceptors (Lipinski definition) is 7. The van der Waals surface area contributed by atoms with Gasteiger partial charge < -0.3 is 4.74 Å². The van der Waals surface area contributed by atoms with Gasteiger partial charge in [-0.05, 0) is 44.5 Å². The van der Waals surface area contributed by atoms with Crippen molar-refractivity contribution in [3.8, 4) is 11.7 Å². The van der Waals surface area contributed by atoms with E-state index in [1.807, 2.05) is 55.5 Å². The molecule has 0 fully saturated rings. The Morgan fingerprint density at radius 2 is 1.88 bits per heavy atom. The third-order valence-electron chi connectivity index (χ3n) is 4.92. The standard InChI is InChI=1S/C24H23N7O3/c1-15-8-10-18(11-9-15)14-34-21-7-5-4-6-19(21)13-25-28-23(33)20-12-16(2)30-31(20)24-26-22(32)17(3)27-29-24/h4-13H,14H2,1-3H3,(H,28,33)(H,26,29,32)/b25-13-. The summed E-state index contributed by atoms with van der Waals surface area (Å²) >= 11 is 0. The SMILES string of the molecule is Cc1ccc(COc2ccccc2/C=N\NC(=O)c2cc(C)nn2-c2nnc(C)c(=O)[nH]2)cc1. The zero-order valence-corrected chi connectivity index (χ0v) is 18.9. The van der Waals surface area contributed by atoms with Crippen LogP contribution in [0.1, 0.15) is 38.6 Å². The number of nitrogens with one attached hydrogen (secondary N) is 2. The highest BCUT2D eigenvalue weighted by Crippen LogP contribution is 2.18. The molecule has 2 N–H and O–H groups in total. The molecule has 34 heavy (non-hydrogen) atoms. The minimum atomic E-state index is -0.530. The van der Waals surface area contributed by atoms with E-state index in [2.05, 4.69) is 30.8 Å². The molecule has 0 saturated heterocycles. The lowest BCUT2D eigenvalue weighted by molar-refractivity contribution is 0.0947. The predicted molar refractivity (Wildman–Crippen MR) is 126 cm³/mol. The Morgan fingerprint density at radius 3 is 2.65 bits per heavy atom. The second kappa shape index (κ2) is 9.90. The third kappa shape index (κ3) is 5.23. The third-order valence-corrected chi connectivity index (χ3v) is 4.92. The Hall–Kier alpha value is -4.60. The van der Waals surface area contributed by atoms with Crippen molar-refractivity contribution in [2.45, 2.75) is 27.4 Å². The van der Waals surface area contributed by atoms with Gasteiger partial charge in [0, 0.05) is 5.56 Å². The van der Waals surface area contributed by atoms with Crippen LogP contribution in [0.3, 0.4) is 0 Å². The van der Waals surface area contributed by atoms with E-state index in [1.165, 1.54) is 23.4 Å². The van der Waals surface area contributed by atoms with Crippen molar-refractivity contribution in [2.75, 3.05) is 0 Å². The highest BCUT2D eigenvalue weighted by molar-refractivity contribution is 5.94. The molecule has 0 spiro atoms. The van der Waals surface area contributed by atoms with Crippen molar-refractivity contribution < 1.29 is 9.53 Å². The van der Waals surface area contributed by atoms with Gasteiger partial charge in [-0.15, -0.1) is 10.2 Å². The van der Waals surface area contributed by atoms with Crippen LogP contribution < -0.4 is 15.7 Å². The van der Waals surface area contributed by atoms with Gasteiger partial charge in [0.05, 0.1) is 11.9 Å². The van der Waals surface area contributed by atoms with Gasteiger partial charge in [-0.1, -0.05) is 42.0 Å². The van der Waals surface area contributed by atoms with Gasteiger partial charge in [-0.25, -0.2) is 5.43 Å². The van der Waals surface area contributed by atoms with Gasteiger partial charge in [0.1, 0.15) is 23.7 Å². The maximum absolute atomic E-state index is 12.8. The van der Waals surface area contributed by atoms with E-state index >= 15 is 0 Å². The summed E-state index contributed by atoms with van der Waals surface area (Å²) in [5, 5.41) is 16.0. The van der Waals surface area contributed by atoms with E-state index in [0.717, 1.165) is 5.56 Å². The first kappa shape index (κ1) is 22.6. The van der Waals surface area contributed by atoms with E-state index in [4.69, 9.17) is 4.74 Å². The number of carbonyl (C=O) groups excluding carboxylic acids is 1. The first-order valence-electron chi connectivity index (χ1n) is 10.5. The lowest BCUT2D eigenvalue weighted by Crippen LogP contribution is -2.24. The molecule has 0 saturated carbocycles. The molecule has 0 aliphatic rings. The first-order valence-corrected chi connectivity index (χ1v) is 10.5. The summed E-state index contributed by atoms with van der Waals surface area (Å²) in [4.78, 5) is 27.2. The molecule has 10 nitrogen and oxygen atoms in total. The number of carbonyl (C=O) groups is 1. The van der Waals surface area contributed by atoms with E-state index < -0.39 is 11.5 Å². The van der Waals surface area contributed by atoms with E-state index in [0.29, 0.717) is 23.6 Å². The molecular weight excluding hydrogens is 434 g/mol. The summed E-state index contributed by atoms with van der Waals surface area (Å²) in [5.41, 5.74) is 5.92. The van der Waals surface area contributed by atoms with Gasteiger partial charge in [0.15, 0.2) is 0 Å². The van der Waals surface area contributed by atoms with E-state index in [9.17, 15) is 9.59 Å². The number of nitrogens with zero attached hydrogens (tertiary/aromatic N) is 5. The van der Waals surface area contributed by atoms with Crippen molar-refractivity contribution in [3.05, 3.63) is 98.7 Å². The van der Waals surface area contributed by atoms with Crippen molar-refractivity contribution in [3.63, 3.8) is 0 Å². The van der Waals surface area contributed by atoms with E-state index in [-0.39, 0.29) is 17.3 Å². The minimum absolute atomic E-state index is 0.0349. The van der Waals surface area contributed by atoms with Crippen molar-refractivity contribution in [1.82, 2.24) is 30.4 Å². The molecule has 0 atom stereocenters. The number of aromatic nitrogens is 5. The van der Waals surface area contributed by atoms with Crippen LogP contribution in [0.15, 0.2) is 64.5 Å². The predicted octanol–water partition coefficient (Wildman–Crippen LogP) is 2.62. The Balaban J connectivity index is 1.47. The van der Waals surface area contributed by atoms with Gasteiger partial charge in [-0.2, -0.15) is 14.9 Å². The summed E-state index contributed by atoms with van der Waals surface area (Å²) in [6, 6.07) is 17.0. The summed E-state index contributed by atoms with van der Waals surface area (Å²) in [6.07, 6.45) is 1.50. The Kier molecular flexibility index (Phi) is 6.58. The fraction of sp³-hybridized carbons (Fsp3) is 0.167. The number of hydrazone groups is 1. The Labute approximate surface area is 195 Å². The highest BCUT2D eigenvalue weighted by Gasteiger charge is 2.17. The number of para-hydroxylation sites is 1. The molecule has 0 aliphatic heterocycles. The second-order valence-corrected chi connectivity index (χ2v) is 7.66. The highest BCUT2D eigenvalue weighted by atomic mass is 16.5. The second-order valence-electron chi connectivity index (χ2n) is 7.66. The fourth-order valence-corrected chi connectivity index (χ4v) is 3.08. The number of aromatic amines is 1. The van der Waals surface area contributed by atoms with Crippen LogP contribution in [0.5, 0.6) is 5.75 Å². The van der Waals surface area contributed by atoms with Crippen LogP contribution in [-0.2, 0) is 6.61 Å². The molecule has 0 radical (unpaired) electrons. The fourth-order valence-electron chi connectivity index (χ4n) is 3.08. The molecule has 2 aromatic carbocycles. The molecule has 0 unspecified atom stereocenters. The van der Waals surface area contributed by atoms with Gasteiger partial charge in [0.2, 0.25) is 0 Å². The topological polar surface area (TPSA) is 127 Å². The monoisotopic (exact) mass is 457 g/mol. The molecule has 0 aliphatic carbocycles. The van der Waals surface area contributed by atoms with Gasteiger partial charge >= 0.3 is 0 Å². The van der Waals surface area contributed by atoms with Gasteiger partial charge in [-0.3, -0.25) is 14.6 Å². The molecule has 1 amide bonds. The maximum atomic E-state index is 12.8. The number of amides is 1. The van der Waals surface area contributed by atoms with Gasteiger partial charge in [0.25, 0.3) is 17.4 Å². The molecule has 2 aromatic heterocycles. The number of rotatable bonds is 7. The van der Waals surface area contributed by atoms with Crippen LogP contribution >= 0.6 is 0 Å². The Bertz CT molecular complexity index is 1400. The lowest BCUT2D eigenvalue weighted by Gasteiger charge is -2.09. The number of H-pyrrole nitrogens is 1. The largest absolute Gasteiger partial charge is 0.488 e. The molecule has 10 heteroatoms. The summed E-state index contributed by atoms with van der Waals surface area (Å²) in [5.74, 6) is 0.139. The Morgan fingerprint density at radius 1 is 1.12 bits per heavy atom. The summed E-state index contributed by atoms with van der Waals surface area (Å²) in [6.45, 7) is 5.70. The summed E-state index contributed by atoms with van der Waals surface area (Å²) in [7, 11) is 0. The molecule has 4 rings (SSSR count). The molecule has 172 valence electrons.